The highest BCUT2D eigenvalue weighted by Gasteiger charge is 2.26. The molecule has 1 heterocycles. The highest BCUT2D eigenvalue weighted by atomic mass is 32.2. The zero-order valence-corrected chi connectivity index (χ0v) is 19.4. The zero-order valence-electron chi connectivity index (χ0n) is 18.5. The van der Waals surface area contributed by atoms with Crippen molar-refractivity contribution in [3.8, 4) is 0 Å². The Morgan fingerprint density at radius 2 is 1.82 bits per heavy atom. The number of sulfonamides is 1. The Morgan fingerprint density at radius 3 is 2.61 bits per heavy atom. The molecule has 1 atom stereocenters. The van der Waals surface area contributed by atoms with Crippen molar-refractivity contribution >= 4 is 26.9 Å². The lowest BCUT2D eigenvalue weighted by molar-refractivity contribution is -0.131. The van der Waals surface area contributed by atoms with Gasteiger partial charge in [-0.3, -0.25) is 10.0 Å². The molecule has 0 fully saturated rings. The van der Waals surface area contributed by atoms with Crippen LogP contribution in [0.2, 0.25) is 0 Å². The number of benzene rings is 2. The number of fused-ring (bicyclic) bond motifs is 3. The van der Waals surface area contributed by atoms with Crippen LogP contribution in [0.25, 0.3) is 11.0 Å². The number of carbonyl (C=O) groups is 1. The fraction of sp³-hybridized carbons (Fsp3) is 0.400. The van der Waals surface area contributed by atoms with Crippen molar-refractivity contribution in [3.63, 3.8) is 0 Å². The Balaban J connectivity index is 1.40. The van der Waals surface area contributed by atoms with Crippen LogP contribution in [0.5, 0.6) is 0 Å². The number of hydrogen-bond acceptors (Lipinski definition) is 5. The largest absolute Gasteiger partial charge is 0.461 e. The minimum absolute atomic E-state index is 0.0425. The van der Waals surface area contributed by atoms with Crippen LogP contribution in [-0.4, -0.2) is 25.6 Å². The molecule has 1 aromatic heterocycles. The predicted octanol–water partition coefficient (Wildman–Crippen LogP) is 4.27. The van der Waals surface area contributed by atoms with Crippen molar-refractivity contribution in [2.75, 3.05) is 0 Å². The Morgan fingerprint density at radius 1 is 1.03 bits per heavy atom. The molecule has 0 spiro atoms. The third-order valence-electron chi connectivity index (χ3n) is 6.26. The van der Waals surface area contributed by atoms with Gasteiger partial charge in [-0.25, -0.2) is 13.9 Å². The lowest BCUT2D eigenvalue weighted by Crippen LogP contribution is -2.45. The summed E-state index contributed by atoms with van der Waals surface area (Å²) in [5.41, 5.74) is 4.55. The van der Waals surface area contributed by atoms with Gasteiger partial charge in [-0.2, -0.15) is 4.72 Å². The van der Waals surface area contributed by atoms with Crippen LogP contribution in [0.4, 0.5) is 0 Å². The molecule has 0 bridgehead atoms. The topological polar surface area (TPSA) is 109 Å². The molecule has 0 saturated heterocycles. The molecule has 1 amide bonds. The lowest BCUT2D eigenvalue weighted by atomic mass is 9.96. The van der Waals surface area contributed by atoms with Gasteiger partial charge >= 0.3 is 0 Å². The van der Waals surface area contributed by atoms with E-state index < -0.39 is 22.0 Å². The zero-order chi connectivity index (χ0) is 23.3. The van der Waals surface area contributed by atoms with Crippen LogP contribution < -0.4 is 10.2 Å². The van der Waals surface area contributed by atoms with Crippen molar-refractivity contribution in [3.05, 3.63) is 65.4 Å². The second kappa shape index (κ2) is 10.5. The van der Waals surface area contributed by atoms with Gasteiger partial charge in [-0.1, -0.05) is 43.2 Å². The van der Waals surface area contributed by atoms with Gasteiger partial charge in [0.2, 0.25) is 10.0 Å². The average Bonchev–Trinajstić information content (AvgIpc) is 3.21. The summed E-state index contributed by atoms with van der Waals surface area (Å²) in [5, 5.41) is 10.1. The third kappa shape index (κ3) is 5.63. The summed E-state index contributed by atoms with van der Waals surface area (Å²) in [6.07, 6.45) is 7.63. The van der Waals surface area contributed by atoms with Crippen LogP contribution >= 0.6 is 0 Å². The Kier molecular flexibility index (Phi) is 7.47. The molecular formula is C25H30N2O5S. The molecule has 3 aromatic rings. The molecule has 0 radical (unpaired) electrons. The average molecular weight is 471 g/mol. The molecule has 0 unspecified atom stereocenters. The number of furan rings is 1. The van der Waals surface area contributed by atoms with Gasteiger partial charge in [-0.05, 0) is 56.2 Å². The van der Waals surface area contributed by atoms with E-state index in [0.717, 1.165) is 56.1 Å². The number of aryl methyl sites for hydroxylation is 3. The first-order valence-corrected chi connectivity index (χ1v) is 13.0. The van der Waals surface area contributed by atoms with E-state index in [9.17, 15) is 13.2 Å². The van der Waals surface area contributed by atoms with Crippen molar-refractivity contribution in [2.24, 2.45) is 0 Å². The van der Waals surface area contributed by atoms with E-state index in [-0.39, 0.29) is 11.3 Å². The van der Waals surface area contributed by atoms with Crippen molar-refractivity contribution in [1.29, 1.82) is 0 Å². The fourth-order valence-electron chi connectivity index (χ4n) is 4.49. The summed E-state index contributed by atoms with van der Waals surface area (Å²) in [7, 11) is -3.98. The van der Waals surface area contributed by atoms with Gasteiger partial charge in [-0.15, -0.1) is 0 Å². The number of unbranched alkanes of at least 4 members (excludes halogenated alkanes) is 2. The van der Waals surface area contributed by atoms with Gasteiger partial charge in [0.05, 0.1) is 4.90 Å². The van der Waals surface area contributed by atoms with E-state index in [1.54, 1.807) is 17.6 Å². The van der Waals surface area contributed by atoms with Crippen LogP contribution in [0.15, 0.2) is 57.8 Å². The third-order valence-corrected chi connectivity index (χ3v) is 7.73. The maximum absolute atomic E-state index is 13.0. The number of hydrogen-bond donors (Lipinski definition) is 3. The molecule has 3 N–H and O–H groups in total. The Hall–Kier alpha value is -2.68. The first-order chi connectivity index (χ1) is 16.0. The van der Waals surface area contributed by atoms with Gasteiger partial charge in [0, 0.05) is 23.4 Å². The summed E-state index contributed by atoms with van der Waals surface area (Å²) in [4.78, 5) is 12.2. The molecule has 176 valence electrons. The van der Waals surface area contributed by atoms with Gasteiger partial charge in [0.15, 0.2) is 0 Å². The number of carbonyl (C=O) groups excluding carboxylic acids is 1. The van der Waals surface area contributed by atoms with E-state index in [1.807, 2.05) is 18.2 Å². The standard InChI is InChI=1S/C25H30N2O5S/c28-25(26-29)22(13-6-2-5-11-18-9-3-1-4-10-18)27-33(30,31)19-15-16-21-20-12-7-8-14-23(20)32-24(21)17-19/h1,3-4,9-10,15-17,22,27,29H,2,5-8,11-14H2,(H,26,28)/t22-/m0/s1. The summed E-state index contributed by atoms with van der Waals surface area (Å²) in [6.45, 7) is 0. The molecule has 0 saturated carbocycles. The number of hydroxylamine groups is 1. The van der Waals surface area contributed by atoms with Gasteiger partial charge in [0.25, 0.3) is 5.91 Å². The van der Waals surface area contributed by atoms with E-state index in [1.165, 1.54) is 17.2 Å². The second-order valence-corrected chi connectivity index (χ2v) is 10.3. The molecule has 1 aliphatic rings. The first kappa shape index (κ1) is 23.5. The van der Waals surface area contributed by atoms with E-state index in [2.05, 4.69) is 16.9 Å². The van der Waals surface area contributed by atoms with E-state index in [4.69, 9.17) is 9.62 Å². The van der Waals surface area contributed by atoms with Crippen molar-refractivity contribution < 1.29 is 22.8 Å². The minimum atomic E-state index is -3.98. The molecule has 4 rings (SSSR count). The Bertz CT molecular complexity index is 1200. The van der Waals surface area contributed by atoms with Crippen LogP contribution in [0.3, 0.4) is 0 Å². The summed E-state index contributed by atoms with van der Waals surface area (Å²) in [5.74, 6) is 0.169. The van der Waals surface area contributed by atoms with Crippen molar-refractivity contribution in [2.45, 2.75) is 68.7 Å². The van der Waals surface area contributed by atoms with Crippen LogP contribution in [0, 0.1) is 0 Å². The van der Waals surface area contributed by atoms with Gasteiger partial charge < -0.3 is 4.42 Å². The normalized spacial score (nSPS) is 14.7. The molecule has 0 aliphatic heterocycles. The highest BCUT2D eigenvalue weighted by Crippen LogP contribution is 2.33. The van der Waals surface area contributed by atoms with E-state index >= 15 is 0 Å². The summed E-state index contributed by atoms with van der Waals surface area (Å²) in [6, 6.07) is 13.9. The SMILES string of the molecule is O=C(NO)[C@H](CCCCCc1ccccc1)NS(=O)(=O)c1ccc2c3c(oc2c1)CCCC3. The highest BCUT2D eigenvalue weighted by molar-refractivity contribution is 7.89. The fourth-order valence-corrected chi connectivity index (χ4v) is 5.73. The molecule has 7 nitrogen and oxygen atoms in total. The molecule has 1 aliphatic carbocycles. The monoisotopic (exact) mass is 470 g/mol. The maximum Gasteiger partial charge on any atom is 0.261 e. The van der Waals surface area contributed by atoms with Gasteiger partial charge in [0.1, 0.15) is 17.4 Å². The first-order valence-electron chi connectivity index (χ1n) is 11.5. The van der Waals surface area contributed by atoms with Crippen molar-refractivity contribution in [1.82, 2.24) is 10.2 Å². The Labute approximate surface area is 194 Å². The summed E-state index contributed by atoms with van der Waals surface area (Å²) < 4.78 is 34.4. The second-order valence-electron chi connectivity index (χ2n) is 8.60. The summed E-state index contributed by atoms with van der Waals surface area (Å²) >= 11 is 0. The van der Waals surface area contributed by atoms with E-state index in [0.29, 0.717) is 12.0 Å². The molecular weight excluding hydrogens is 440 g/mol. The molecule has 8 heteroatoms. The maximum atomic E-state index is 13.0. The number of rotatable bonds is 10. The number of nitrogens with one attached hydrogen (secondary N) is 2. The smallest absolute Gasteiger partial charge is 0.261 e. The van der Waals surface area contributed by atoms with Crippen LogP contribution in [-0.2, 0) is 34.1 Å². The molecule has 2 aromatic carbocycles. The predicted molar refractivity (Wildman–Crippen MR) is 126 cm³/mol. The lowest BCUT2D eigenvalue weighted by Gasteiger charge is -2.17. The quantitative estimate of drug-likeness (QED) is 0.233. The molecule has 33 heavy (non-hydrogen) atoms. The minimum Gasteiger partial charge on any atom is -0.461 e. The number of amides is 1. The van der Waals surface area contributed by atoms with Crippen LogP contribution in [0.1, 0.15) is 55.4 Å².